The number of carboxylic acid groups (broad SMARTS) is 1. The number of benzene rings is 2. The predicted octanol–water partition coefficient (Wildman–Crippen LogP) is 4.71. The highest BCUT2D eigenvalue weighted by Crippen LogP contribution is 2.31. The molecule has 2 heterocycles. The number of amides is 1. The molecule has 2 aromatic carbocycles. The van der Waals surface area contributed by atoms with E-state index in [2.05, 4.69) is 41.5 Å². The maximum absolute atomic E-state index is 12.9. The molecule has 31 heavy (non-hydrogen) atoms. The van der Waals surface area contributed by atoms with E-state index < -0.39 is 5.97 Å². The summed E-state index contributed by atoms with van der Waals surface area (Å²) in [7, 11) is 0. The summed E-state index contributed by atoms with van der Waals surface area (Å²) in [4.78, 5) is 23.9. The number of hydrogen-bond donors (Lipinski definition) is 2. The molecule has 8 heteroatoms. The smallest absolute Gasteiger partial charge is 0.335 e. The Labute approximate surface area is 183 Å². The maximum atomic E-state index is 12.9. The Hall–Kier alpha value is -3.39. The van der Waals surface area contributed by atoms with Crippen LogP contribution in [0.5, 0.6) is 0 Å². The quantitative estimate of drug-likeness (QED) is 0.427. The van der Waals surface area contributed by atoms with Crippen molar-refractivity contribution >= 4 is 45.9 Å². The largest absolute Gasteiger partial charge is 0.478 e. The van der Waals surface area contributed by atoms with Crippen LogP contribution in [0, 0.1) is 13.8 Å². The molecule has 4 rings (SSSR count). The minimum Gasteiger partial charge on any atom is -0.478 e. The Balaban J connectivity index is 1.64. The summed E-state index contributed by atoms with van der Waals surface area (Å²) in [6.45, 7) is 6.06. The van der Waals surface area contributed by atoms with Gasteiger partial charge in [0.2, 0.25) is 5.91 Å². The van der Waals surface area contributed by atoms with Gasteiger partial charge in [0.1, 0.15) is 0 Å². The number of hydrogen-bond acceptors (Lipinski definition) is 5. The SMILES string of the molecule is CCC(Sc1nnc2cc(C)c3cccc(C)c3n12)C(=O)Nc1ccc(C(=O)O)cc1. The molecule has 0 saturated carbocycles. The van der Waals surface area contributed by atoms with Gasteiger partial charge in [-0.15, -0.1) is 10.2 Å². The number of fused-ring (bicyclic) bond motifs is 3. The van der Waals surface area contributed by atoms with Gasteiger partial charge in [0.05, 0.1) is 16.3 Å². The van der Waals surface area contributed by atoms with E-state index in [4.69, 9.17) is 5.11 Å². The number of aryl methyl sites for hydroxylation is 2. The van der Waals surface area contributed by atoms with Crippen LogP contribution in [-0.2, 0) is 4.79 Å². The third-order valence-corrected chi connectivity index (χ3v) is 6.51. The Morgan fingerprint density at radius 2 is 1.84 bits per heavy atom. The van der Waals surface area contributed by atoms with Crippen LogP contribution < -0.4 is 5.32 Å². The second-order valence-electron chi connectivity index (χ2n) is 7.36. The van der Waals surface area contributed by atoms with Crippen molar-refractivity contribution in [2.24, 2.45) is 0 Å². The fraction of sp³-hybridized carbons (Fsp3) is 0.217. The van der Waals surface area contributed by atoms with Gasteiger partial charge in [-0.25, -0.2) is 4.79 Å². The number of aromatic nitrogens is 3. The number of carbonyl (C=O) groups is 2. The molecule has 7 nitrogen and oxygen atoms in total. The van der Waals surface area contributed by atoms with E-state index in [0.29, 0.717) is 17.3 Å². The molecule has 1 atom stereocenters. The van der Waals surface area contributed by atoms with Gasteiger partial charge in [-0.1, -0.05) is 36.9 Å². The van der Waals surface area contributed by atoms with E-state index in [9.17, 15) is 9.59 Å². The van der Waals surface area contributed by atoms with Gasteiger partial charge in [-0.2, -0.15) is 0 Å². The molecule has 1 unspecified atom stereocenters. The van der Waals surface area contributed by atoms with Crippen molar-refractivity contribution in [2.75, 3.05) is 5.32 Å². The standard InChI is InChI=1S/C23H22N4O3S/c1-4-18(21(28)24-16-10-8-15(9-11-16)22(29)30)31-23-26-25-19-12-14(3)17-7-5-6-13(2)20(17)27(19)23/h5-12,18H,4H2,1-3H3,(H,24,28)(H,29,30). The average molecular weight is 435 g/mol. The van der Waals surface area contributed by atoms with Gasteiger partial charge in [0.15, 0.2) is 10.8 Å². The number of nitrogens with one attached hydrogen (secondary N) is 1. The summed E-state index contributed by atoms with van der Waals surface area (Å²) < 4.78 is 2.01. The minimum atomic E-state index is -1.00. The van der Waals surface area contributed by atoms with Crippen molar-refractivity contribution in [1.82, 2.24) is 14.6 Å². The zero-order chi connectivity index (χ0) is 22.1. The molecule has 2 N–H and O–H groups in total. The van der Waals surface area contributed by atoms with Gasteiger partial charge in [0.25, 0.3) is 0 Å². The second-order valence-corrected chi connectivity index (χ2v) is 8.53. The maximum Gasteiger partial charge on any atom is 0.335 e. The lowest BCUT2D eigenvalue weighted by molar-refractivity contribution is -0.115. The van der Waals surface area contributed by atoms with Crippen LogP contribution in [0.15, 0.2) is 53.7 Å². The Morgan fingerprint density at radius 1 is 1.10 bits per heavy atom. The third-order valence-electron chi connectivity index (χ3n) is 5.20. The summed E-state index contributed by atoms with van der Waals surface area (Å²) in [5.74, 6) is -1.17. The monoisotopic (exact) mass is 434 g/mol. The molecule has 0 aliphatic carbocycles. The zero-order valence-electron chi connectivity index (χ0n) is 17.4. The van der Waals surface area contributed by atoms with E-state index in [1.54, 1.807) is 12.1 Å². The van der Waals surface area contributed by atoms with Crippen LogP contribution in [0.3, 0.4) is 0 Å². The van der Waals surface area contributed by atoms with Gasteiger partial charge in [-0.05, 0) is 61.7 Å². The van der Waals surface area contributed by atoms with E-state index >= 15 is 0 Å². The molecule has 2 aromatic heterocycles. The van der Waals surface area contributed by atoms with E-state index in [1.807, 2.05) is 23.5 Å². The highest BCUT2D eigenvalue weighted by Gasteiger charge is 2.22. The molecule has 0 spiro atoms. The molecule has 0 aliphatic rings. The van der Waals surface area contributed by atoms with E-state index in [-0.39, 0.29) is 16.7 Å². The number of anilines is 1. The van der Waals surface area contributed by atoms with Crippen LogP contribution in [0.2, 0.25) is 0 Å². The lowest BCUT2D eigenvalue weighted by Gasteiger charge is -2.15. The molecule has 4 aromatic rings. The van der Waals surface area contributed by atoms with Gasteiger partial charge < -0.3 is 10.4 Å². The lowest BCUT2D eigenvalue weighted by atomic mass is 10.1. The number of carboxylic acids is 1. The first-order chi connectivity index (χ1) is 14.9. The van der Waals surface area contributed by atoms with Crippen molar-refractivity contribution in [3.8, 4) is 0 Å². The first-order valence-electron chi connectivity index (χ1n) is 9.94. The fourth-order valence-corrected chi connectivity index (χ4v) is 4.54. The Bertz CT molecular complexity index is 1300. The van der Waals surface area contributed by atoms with E-state index in [1.165, 1.54) is 23.9 Å². The van der Waals surface area contributed by atoms with Crippen molar-refractivity contribution < 1.29 is 14.7 Å². The highest BCUT2D eigenvalue weighted by atomic mass is 32.2. The molecule has 0 radical (unpaired) electrons. The summed E-state index contributed by atoms with van der Waals surface area (Å²) >= 11 is 1.37. The van der Waals surface area contributed by atoms with E-state index in [0.717, 1.165) is 27.7 Å². The van der Waals surface area contributed by atoms with Crippen molar-refractivity contribution in [2.45, 2.75) is 37.6 Å². The molecule has 0 aliphatic heterocycles. The summed E-state index contributed by atoms with van der Waals surface area (Å²) in [6.07, 6.45) is 0.599. The number of para-hydroxylation sites is 1. The number of thioether (sulfide) groups is 1. The molecular weight excluding hydrogens is 412 g/mol. The molecule has 0 bridgehead atoms. The van der Waals surface area contributed by atoms with Crippen molar-refractivity contribution in [1.29, 1.82) is 0 Å². The van der Waals surface area contributed by atoms with Gasteiger partial charge in [0, 0.05) is 11.1 Å². The summed E-state index contributed by atoms with van der Waals surface area (Å²) in [6, 6.07) is 14.3. The number of rotatable bonds is 6. The molecule has 0 saturated heterocycles. The normalized spacial score (nSPS) is 12.2. The van der Waals surface area contributed by atoms with Crippen molar-refractivity contribution in [3.63, 3.8) is 0 Å². The summed E-state index contributed by atoms with van der Waals surface area (Å²) in [5.41, 5.74) is 4.77. The predicted molar refractivity (Wildman–Crippen MR) is 122 cm³/mol. The second kappa shape index (κ2) is 8.39. The Kier molecular flexibility index (Phi) is 5.65. The number of aromatic carboxylic acids is 1. The number of carbonyl (C=O) groups excluding carboxylic acids is 1. The van der Waals surface area contributed by atoms with Crippen LogP contribution in [0.1, 0.15) is 34.8 Å². The minimum absolute atomic E-state index is 0.166. The Morgan fingerprint density at radius 3 is 2.52 bits per heavy atom. The average Bonchev–Trinajstić information content (AvgIpc) is 3.14. The van der Waals surface area contributed by atoms with Crippen LogP contribution in [-0.4, -0.2) is 36.8 Å². The first-order valence-corrected chi connectivity index (χ1v) is 10.8. The molecule has 1 amide bonds. The van der Waals surface area contributed by atoms with Crippen LogP contribution in [0.4, 0.5) is 5.69 Å². The topological polar surface area (TPSA) is 96.6 Å². The molecular formula is C23H22N4O3S. The van der Waals surface area contributed by atoms with Crippen LogP contribution >= 0.6 is 11.8 Å². The highest BCUT2D eigenvalue weighted by molar-refractivity contribution is 8.00. The first kappa shape index (κ1) is 20.9. The van der Waals surface area contributed by atoms with Crippen LogP contribution in [0.25, 0.3) is 16.6 Å². The molecule has 0 fully saturated rings. The number of pyridine rings is 1. The molecule has 158 valence electrons. The van der Waals surface area contributed by atoms with Gasteiger partial charge >= 0.3 is 5.97 Å². The summed E-state index contributed by atoms with van der Waals surface area (Å²) in [5, 5.41) is 22.0. The fourth-order valence-electron chi connectivity index (χ4n) is 3.58. The lowest BCUT2D eigenvalue weighted by Crippen LogP contribution is -2.24. The zero-order valence-corrected chi connectivity index (χ0v) is 18.2. The van der Waals surface area contributed by atoms with Gasteiger partial charge in [-0.3, -0.25) is 9.20 Å². The van der Waals surface area contributed by atoms with Crippen molar-refractivity contribution in [3.05, 3.63) is 65.2 Å². The third kappa shape index (κ3) is 3.98. The number of nitrogens with zero attached hydrogens (tertiary/aromatic N) is 3.